The lowest BCUT2D eigenvalue weighted by atomic mass is 9.96. The molecule has 2 heterocycles. The minimum absolute atomic E-state index is 0.129. The van der Waals surface area contributed by atoms with E-state index in [9.17, 15) is 4.79 Å². The molecule has 3 rings (SSSR count). The molecule has 0 spiro atoms. The van der Waals surface area contributed by atoms with Crippen molar-refractivity contribution in [2.24, 2.45) is 5.92 Å². The van der Waals surface area contributed by atoms with Gasteiger partial charge in [0.25, 0.3) is 5.91 Å². The number of nitrogens with one attached hydrogen (secondary N) is 1. The first-order chi connectivity index (χ1) is 12.7. The number of amides is 1. The van der Waals surface area contributed by atoms with E-state index < -0.39 is 0 Å². The largest absolute Gasteiger partial charge is 0.493 e. The average molecular weight is 355 g/mol. The third-order valence-electron chi connectivity index (χ3n) is 4.82. The quantitative estimate of drug-likeness (QED) is 0.863. The Balaban J connectivity index is 1.53. The maximum absolute atomic E-state index is 12.6. The summed E-state index contributed by atoms with van der Waals surface area (Å²) in [6.07, 6.45) is 5.78. The number of methoxy groups -OCH3 is 2. The van der Waals surface area contributed by atoms with E-state index in [1.807, 2.05) is 12.3 Å². The van der Waals surface area contributed by atoms with Crippen LogP contribution in [0.15, 0.2) is 42.7 Å². The molecule has 0 saturated carbocycles. The average Bonchev–Trinajstić information content (AvgIpc) is 2.72. The van der Waals surface area contributed by atoms with Gasteiger partial charge in [0, 0.05) is 25.8 Å². The van der Waals surface area contributed by atoms with Gasteiger partial charge in [-0.2, -0.15) is 0 Å². The highest BCUT2D eigenvalue weighted by molar-refractivity contribution is 5.97. The monoisotopic (exact) mass is 355 g/mol. The highest BCUT2D eigenvalue weighted by Gasteiger charge is 2.21. The third-order valence-corrected chi connectivity index (χ3v) is 4.82. The van der Waals surface area contributed by atoms with Gasteiger partial charge in [-0.05, 0) is 43.0 Å². The van der Waals surface area contributed by atoms with Crippen LogP contribution in [-0.2, 0) is 0 Å². The molecule has 26 heavy (non-hydrogen) atoms. The van der Waals surface area contributed by atoms with Crippen LogP contribution < -0.4 is 19.7 Å². The topological polar surface area (TPSA) is 63.7 Å². The predicted octanol–water partition coefficient (Wildman–Crippen LogP) is 2.75. The minimum Gasteiger partial charge on any atom is -0.493 e. The molecular weight excluding hydrogens is 330 g/mol. The lowest BCUT2D eigenvalue weighted by Crippen LogP contribution is -2.38. The van der Waals surface area contributed by atoms with Crippen LogP contribution in [0.5, 0.6) is 11.5 Å². The second-order valence-electron chi connectivity index (χ2n) is 6.39. The number of piperidine rings is 1. The molecule has 1 N–H and O–H groups in total. The summed E-state index contributed by atoms with van der Waals surface area (Å²) < 4.78 is 10.6. The highest BCUT2D eigenvalue weighted by Crippen LogP contribution is 2.30. The summed E-state index contributed by atoms with van der Waals surface area (Å²) in [5, 5.41) is 3.04. The number of nitrogens with zero attached hydrogens (tertiary/aromatic N) is 2. The number of pyridine rings is 1. The number of carbonyl (C=O) groups excluding carboxylic acids is 1. The summed E-state index contributed by atoms with van der Waals surface area (Å²) in [5.41, 5.74) is 1.66. The molecule has 1 saturated heterocycles. The van der Waals surface area contributed by atoms with Gasteiger partial charge in [-0.15, -0.1) is 0 Å². The molecule has 0 atom stereocenters. The molecule has 1 aromatic carbocycles. The summed E-state index contributed by atoms with van der Waals surface area (Å²) in [7, 11) is 3.11. The first-order valence-electron chi connectivity index (χ1n) is 8.87. The second-order valence-corrected chi connectivity index (χ2v) is 6.39. The zero-order valence-corrected chi connectivity index (χ0v) is 15.3. The van der Waals surface area contributed by atoms with Gasteiger partial charge in [0.05, 0.1) is 31.7 Å². The molecule has 1 aliphatic heterocycles. The fourth-order valence-electron chi connectivity index (χ4n) is 3.33. The molecule has 138 valence electrons. The van der Waals surface area contributed by atoms with Crippen molar-refractivity contribution >= 4 is 11.6 Å². The van der Waals surface area contributed by atoms with E-state index in [0.717, 1.165) is 31.6 Å². The van der Waals surface area contributed by atoms with Gasteiger partial charge in [-0.1, -0.05) is 6.07 Å². The number of para-hydroxylation sites is 1. The van der Waals surface area contributed by atoms with Crippen molar-refractivity contribution in [1.82, 2.24) is 10.3 Å². The van der Waals surface area contributed by atoms with Gasteiger partial charge in [-0.25, -0.2) is 0 Å². The maximum atomic E-state index is 12.6. The van der Waals surface area contributed by atoms with Gasteiger partial charge < -0.3 is 19.7 Å². The van der Waals surface area contributed by atoms with Crippen molar-refractivity contribution in [2.45, 2.75) is 12.8 Å². The number of hydrogen-bond acceptors (Lipinski definition) is 5. The zero-order chi connectivity index (χ0) is 18.4. The normalized spacial score (nSPS) is 14.8. The van der Waals surface area contributed by atoms with Crippen molar-refractivity contribution in [3.8, 4) is 11.5 Å². The molecule has 0 aliphatic carbocycles. The second kappa shape index (κ2) is 8.56. The summed E-state index contributed by atoms with van der Waals surface area (Å²) >= 11 is 0. The lowest BCUT2D eigenvalue weighted by molar-refractivity contribution is 0.0941. The molecule has 2 aromatic rings. The summed E-state index contributed by atoms with van der Waals surface area (Å²) in [6.45, 7) is 2.63. The van der Waals surface area contributed by atoms with E-state index in [2.05, 4.69) is 21.3 Å². The van der Waals surface area contributed by atoms with E-state index in [1.54, 1.807) is 38.6 Å². The predicted molar refractivity (Wildman–Crippen MR) is 101 cm³/mol. The molecule has 6 heteroatoms. The maximum Gasteiger partial charge on any atom is 0.255 e. The zero-order valence-electron chi connectivity index (χ0n) is 15.3. The summed E-state index contributed by atoms with van der Waals surface area (Å²) in [5.74, 6) is 1.38. The van der Waals surface area contributed by atoms with Crippen LogP contribution in [0, 0.1) is 5.92 Å². The Bertz CT molecular complexity index is 728. The van der Waals surface area contributed by atoms with E-state index >= 15 is 0 Å². The molecule has 1 amide bonds. The van der Waals surface area contributed by atoms with Crippen LogP contribution in [0.3, 0.4) is 0 Å². The number of rotatable bonds is 6. The van der Waals surface area contributed by atoms with Crippen molar-refractivity contribution < 1.29 is 14.3 Å². The minimum atomic E-state index is -0.129. The van der Waals surface area contributed by atoms with Crippen LogP contribution in [0.4, 0.5) is 5.69 Å². The van der Waals surface area contributed by atoms with Gasteiger partial charge >= 0.3 is 0 Å². The van der Waals surface area contributed by atoms with E-state index in [1.165, 1.54) is 0 Å². The number of benzene rings is 1. The molecule has 1 fully saturated rings. The Morgan fingerprint density at radius 2 is 2.00 bits per heavy atom. The molecule has 1 aliphatic rings. The number of hydrogen-bond donors (Lipinski definition) is 1. The molecular formula is C20H25N3O3. The van der Waals surface area contributed by atoms with Crippen molar-refractivity contribution in [2.75, 3.05) is 38.8 Å². The summed E-state index contributed by atoms with van der Waals surface area (Å²) in [4.78, 5) is 19.1. The molecule has 1 aromatic heterocycles. The van der Waals surface area contributed by atoms with Gasteiger partial charge in [0.1, 0.15) is 0 Å². The Morgan fingerprint density at radius 3 is 2.65 bits per heavy atom. The van der Waals surface area contributed by atoms with Crippen LogP contribution in [0.1, 0.15) is 23.2 Å². The Hall–Kier alpha value is -2.76. The van der Waals surface area contributed by atoms with Gasteiger partial charge in [0.2, 0.25) is 0 Å². The van der Waals surface area contributed by atoms with Gasteiger partial charge in [-0.3, -0.25) is 9.78 Å². The van der Waals surface area contributed by atoms with E-state index in [0.29, 0.717) is 29.5 Å². The Kier molecular flexibility index (Phi) is 5.94. The van der Waals surface area contributed by atoms with Crippen LogP contribution >= 0.6 is 0 Å². The van der Waals surface area contributed by atoms with Crippen molar-refractivity contribution in [3.63, 3.8) is 0 Å². The van der Waals surface area contributed by atoms with Crippen LogP contribution in [-0.4, -0.2) is 44.7 Å². The number of carbonyl (C=O) groups is 1. The molecule has 6 nitrogen and oxygen atoms in total. The number of anilines is 1. The van der Waals surface area contributed by atoms with Crippen molar-refractivity contribution in [3.05, 3.63) is 48.3 Å². The molecule has 0 unspecified atom stereocenters. The lowest BCUT2D eigenvalue weighted by Gasteiger charge is -2.33. The van der Waals surface area contributed by atoms with Crippen LogP contribution in [0.2, 0.25) is 0 Å². The molecule has 0 radical (unpaired) electrons. The standard InChI is InChI=1S/C20H25N3O3/c1-25-18-7-3-6-17(19(18)26-2)20(24)22-13-15-8-11-23(12-9-15)16-5-4-10-21-14-16/h3-7,10,14-15H,8-9,11-13H2,1-2H3,(H,22,24). The highest BCUT2D eigenvalue weighted by atomic mass is 16.5. The van der Waals surface area contributed by atoms with E-state index in [4.69, 9.17) is 9.47 Å². The Morgan fingerprint density at radius 1 is 1.19 bits per heavy atom. The number of ether oxygens (including phenoxy) is 2. The fourth-order valence-corrected chi connectivity index (χ4v) is 3.33. The first kappa shape index (κ1) is 18.0. The number of aromatic nitrogens is 1. The first-order valence-corrected chi connectivity index (χ1v) is 8.87. The third kappa shape index (κ3) is 4.07. The summed E-state index contributed by atoms with van der Waals surface area (Å²) in [6, 6.07) is 9.38. The van der Waals surface area contributed by atoms with Crippen molar-refractivity contribution in [1.29, 1.82) is 0 Å². The Labute approximate surface area is 154 Å². The fraction of sp³-hybridized carbons (Fsp3) is 0.400. The van der Waals surface area contributed by atoms with E-state index in [-0.39, 0.29) is 5.91 Å². The van der Waals surface area contributed by atoms with Gasteiger partial charge in [0.15, 0.2) is 11.5 Å². The molecule has 0 bridgehead atoms. The smallest absolute Gasteiger partial charge is 0.255 e. The van der Waals surface area contributed by atoms with Crippen LogP contribution in [0.25, 0.3) is 0 Å². The SMILES string of the molecule is COc1cccc(C(=O)NCC2CCN(c3cccnc3)CC2)c1OC.